The number of sulfonamides is 1. The van der Waals surface area contributed by atoms with Crippen molar-refractivity contribution in [1.29, 1.82) is 0 Å². The van der Waals surface area contributed by atoms with E-state index < -0.39 is 15.9 Å². The Morgan fingerprint density at radius 1 is 1.06 bits per heavy atom. The highest BCUT2D eigenvalue weighted by Crippen LogP contribution is 2.27. The van der Waals surface area contributed by atoms with Crippen molar-refractivity contribution < 1.29 is 17.9 Å². The topological polar surface area (TPSA) is 75.7 Å². The van der Waals surface area contributed by atoms with Crippen LogP contribution >= 0.6 is 11.6 Å². The van der Waals surface area contributed by atoms with Crippen LogP contribution in [-0.2, 0) is 14.8 Å². The molecular weight excluding hydrogens is 472 g/mol. The van der Waals surface area contributed by atoms with E-state index in [0.717, 1.165) is 26.7 Å². The number of nitrogens with one attached hydrogen (secondary N) is 1. The minimum Gasteiger partial charge on any atom is -0.496 e. The maximum atomic E-state index is 13.5. The van der Waals surface area contributed by atoms with Crippen LogP contribution in [0.15, 0.2) is 71.6 Å². The Morgan fingerprint density at radius 3 is 2.35 bits per heavy atom. The van der Waals surface area contributed by atoms with Gasteiger partial charge in [0.05, 0.1) is 23.7 Å². The summed E-state index contributed by atoms with van der Waals surface area (Å²) in [5.74, 6) is 0.365. The number of halogens is 1. The Bertz CT molecular complexity index is 1260. The molecule has 0 aliphatic heterocycles. The first-order chi connectivity index (χ1) is 16.1. The summed E-state index contributed by atoms with van der Waals surface area (Å²) in [6.45, 7) is 5.41. The first-order valence-electron chi connectivity index (χ1n) is 10.9. The average molecular weight is 501 g/mol. The van der Waals surface area contributed by atoms with Crippen LogP contribution in [0, 0.1) is 13.8 Å². The zero-order valence-electron chi connectivity index (χ0n) is 19.7. The molecule has 1 atom stereocenters. The summed E-state index contributed by atoms with van der Waals surface area (Å²) in [5, 5.41) is 3.42. The number of amides is 1. The van der Waals surface area contributed by atoms with Crippen molar-refractivity contribution in [3.05, 3.63) is 88.4 Å². The van der Waals surface area contributed by atoms with Gasteiger partial charge in [0.2, 0.25) is 5.91 Å². The summed E-state index contributed by atoms with van der Waals surface area (Å²) in [6, 6.07) is 18.4. The number of benzene rings is 3. The van der Waals surface area contributed by atoms with Crippen molar-refractivity contribution >= 4 is 33.2 Å². The number of methoxy groups -OCH3 is 1. The molecule has 0 fully saturated rings. The number of anilines is 1. The molecule has 0 bridgehead atoms. The van der Waals surface area contributed by atoms with Crippen LogP contribution in [0.5, 0.6) is 5.75 Å². The molecule has 8 heteroatoms. The zero-order valence-corrected chi connectivity index (χ0v) is 21.3. The lowest BCUT2D eigenvalue weighted by molar-refractivity contribution is -0.120. The van der Waals surface area contributed by atoms with E-state index in [0.29, 0.717) is 17.1 Å². The van der Waals surface area contributed by atoms with E-state index in [1.807, 2.05) is 45.0 Å². The molecule has 0 saturated heterocycles. The molecule has 0 saturated carbocycles. The van der Waals surface area contributed by atoms with Crippen molar-refractivity contribution in [2.45, 2.75) is 38.1 Å². The minimum absolute atomic E-state index is 0.0593. The standard InChI is InChI=1S/C26H29ClN2O4S/c1-5-24(20-9-14-25(33-4)19(3)16-20)28-26(30)17-29(22-8-6-7-18(2)15-22)34(31,32)23-12-10-21(27)11-13-23/h6-16,24H,5,17H2,1-4H3,(H,28,30). The molecule has 0 heterocycles. The van der Waals surface area contributed by atoms with Gasteiger partial charge in [-0.25, -0.2) is 8.42 Å². The third kappa shape index (κ3) is 5.90. The molecule has 0 aliphatic rings. The Morgan fingerprint density at radius 2 is 1.76 bits per heavy atom. The molecule has 3 rings (SSSR count). The second-order valence-corrected chi connectivity index (χ2v) is 10.4. The van der Waals surface area contributed by atoms with Crippen LogP contribution < -0.4 is 14.4 Å². The Balaban J connectivity index is 1.90. The van der Waals surface area contributed by atoms with Crippen molar-refractivity contribution in [3.63, 3.8) is 0 Å². The fraction of sp³-hybridized carbons (Fsp3) is 0.269. The van der Waals surface area contributed by atoms with Crippen molar-refractivity contribution in [1.82, 2.24) is 5.32 Å². The van der Waals surface area contributed by atoms with E-state index >= 15 is 0 Å². The van der Waals surface area contributed by atoms with Gasteiger partial charge < -0.3 is 10.1 Å². The van der Waals surface area contributed by atoms with E-state index in [1.54, 1.807) is 25.3 Å². The molecule has 3 aromatic rings. The van der Waals surface area contributed by atoms with Crippen LogP contribution in [0.2, 0.25) is 5.02 Å². The third-order valence-electron chi connectivity index (χ3n) is 5.54. The quantitative estimate of drug-likeness (QED) is 0.425. The molecular formula is C26H29ClN2O4S. The van der Waals surface area contributed by atoms with Gasteiger partial charge >= 0.3 is 0 Å². The monoisotopic (exact) mass is 500 g/mol. The summed E-state index contributed by atoms with van der Waals surface area (Å²) >= 11 is 5.94. The summed E-state index contributed by atoms with van der Waals surface area (Å²) in [4.78, 5) is 13.2. The molecule has 34 heavy (non-hydrogen) atoms. The molecule has 0 aromatic heterocycles. The van der Waals surface area contributed by atoms with Gasteiger partial charge in [-0.3, -0.25) is 9.10 Å². The van der Waals surface area contributed by atoms with E-state index in [1.165, 1.54) is 24.3 Å². The molecule has 3 aromatic carbocycles. The number of carbonyl (C=O) groups is 1. The molecule has 1 amide bonds. The lowest BCUT2D eigenvalue weighted by Crippen LogP contribution is -2.42. The fourth-order valence-corrected chi connectivity index (χ4v) is 5.28. The van der Waals surface area contributed by atoms with Gasteiger partial charge in [-0.05, 0) is 79.4 Å². The number of ether oxygens (including phenoxy) is 1. The average Bonchev–Trinajstić information content (AvgIpc) is 2.81. The van der Waals surface area contributed by atoms with Gasteiger partial charge in [-0.15, -0.1) is 0 Å². The highest BCUT2D eigenvalue weighted by molar-refractivity contribution is 7.92. The predicted molar refractivity (Wildman–Crippen MR) is 136 cm³/mol. The van der Waals surface area contributed by atoms with Crippen molar-refractivity contribution in [2.24, 2.45) is 0 Å². The number of rotatable bonds is 9. The van der Waals surface area contributed by atoms with Gasteiger partial charge in [-0.1, -0.05) is 42.8 Å². The summed E-state index contributed by atoms with van der Waals surface area (Å²) in [7, 11) is -2.40. The van der Waals surface area contributed by atoms with Gasteiger partial charge in [-0.2, -0.15) is 0 Å². The number of aryl methyl sites for hydroxylation is 2. The second kappa shape index (κ2) is 10.9. The second-order valence-electron chi connectivity index (χ2n) is 8.06. The number of hydrogen-bond donors (Lipinski definition) is 1. The first-order valence-corrected chi connectivity index (χ1v) is 12.8. The minimum atomic E-state index is -4.01. The zero-order chi connectivity index (χ0) is 24.9. The largest absolute Gasteiger partial charge is 0.496 e. The molecule has 0 radical (unpaired) electrons. The fourth-order valence-electron chi connectivity index (χ4n) is 3.74. The van der Waals surface area contributed by atoms with Crippen LogP contribution in [0.25, 0.3) is 0 Å². The highest BCUT2D eigenvalue weighted by atomic mass is 35.5. The van der Waals surface area contributed by atoms with Gasteiger partial charge in [0.1, 0.15) is 12.3 Å². The van der Waals surface area contributed by atoms with Crippen LogP contribution in [-0.4, -0.2) is 28.0 Å². The Labute approximate surface area is 206 Å². The van der Waals surface area contributed by atoms with Crippen LogP contribution in [0.1, 0.15) is 36.1 Å². The smallest absolute Gasteiger partial charge is 0.264 e. The van der Waals surface area contributed by atoms with Crippen molar-refractivity contribution in [3.8, 4) is 5.75 Å². The van der Waals surface area contributed by atoms with Gasteiger partial charge in [0.25, 0.3) is 10.0 Å². The maximum absolute atomic E-state index is 13.5. The summed E-state index contributed by atoms with van der Waals surface area (Å²) < 4.78 is 33.5. The van der Waals surface area contributed by atoms with Crippen LogP contribution in [0.3, 0.4) is 0 Å². The molecule has 0 spiro atoms. The van der Waals surface area contributed by atoms with E-state index in [-0.39, 0.29) is 17.5 Å². The molecule has 6 nitrogen and oxygen atoms in total. The molecule has 0 aliphatic carbocycles. The van der Waals surface area contributed by atoms with E-state index in [9.17, 15) is 13.2 Å². The lowest BCUT2D eigenvalue weighted by Gasteiger charge is -2.26. The van der Waals surface area contributed by atoms with Crippen molar-refractivity contribution in [2.75, 3.05) is 18.0 Å². The van der Waals surface area contributed by atoms with E-state index in [2.05, 4.69) is 5.32 Å². The molecule has 180 valence electrons. The highest BCUT2D eigenvalue weighted by Gasteiger charge is 2.28. The van der Waals surface area contributed by atoms with E-state index in [4.69, 9.17) is 16.3 Å². The molecule has 1 N–H and O–H groups in total. The maximum Gasteiger partial charge on any atom is 0.264 e. The Kier molecular flexibility index (Phi) is 8.23. The number of carbonyl (C=O) groups excluding carboxylic acids is 1. The van der Waals surface area contributed by atoms with Gasteiger partial charge in [0, 0.05) is 5.02 Å². The Hall–Kier alpha value is -3.03. The predicted octanol–water partition coefficient (Wildman–Crippen LogP) is 5.43. The normalized spacial score (nSPS) is 12.1. The number of nitrogens with zero attached hydrogens (tertiary/aromatic N) is 1. The summed E-state index contributed by atoms with van der Waals surface area (Å²) in [5.41, 5.74) is 3.18. The van der Waals surface area contributed by atoms with Gasteiger partial charge in [0.15, 0.2) is 0 Å². The summed E-state index contributed by atoms with van der Waals surface area (Å²) in [6.07, 6.45) is 0.645. The van der Waals surface area contributed by atoms with Crippen LogP contribution in [0.4, 0.5) is 5.69 Å². The molecule has 1 unspecified atom stereocenters. The third-order valence-corrected chi connectivity index (χ3v) is 7.58. The first kappa shape index (κ1) is 25.6. The number of hydrogen-bond acceptors (Lipinski definition) is 4. The SMILES string of the molecule is CCC(NC(=O)CN(c1cccc(C)c1)S(=O)(=O)c1ccc(Cl)cc1)c1ccc(OC)c(C)c1. The lowest BCUT2D eigenvalue weighted by atomic mass is 10.0.